The molecule has 0 radical (unpaired) electrons. The zero-order valence-corrected chi connectivity index (χ0v) is 12.3. The fourth-order valence-electron chi connectivity index (χ4n) is 2.10. The second kappa shape index (κ2) is 6.24. The second-order valence-corrected chi connectivity index (χ2v) is 5.06. The van der Waals surface area contributed by atoms with Crippen LogP contribution in [-0.2, 0) is 30.9 Å². The van der Waals surface area contributed by atoms with Crippen LogP contribution in [0.2, 0.25) is 5.02 Å². The lowest BCUT2D eigenvalue weighted by atomic mass is 9.89. The molecule has 0 heterocycles. The van der Waals surface area contributed by atoms with Gasteiger partial charge in [-0.1, -0.05) is 11.6 Å². The molecule has 1 rings (SSSR count). The summed E-state index contributed by atoms with van der Waals surface area (Å²) in [5.74, 6) is 0. The van der Waals surface area contributed by atoms with Gasteiger partial charge >= 0.3 is 30.9 Å². The molecule has 1 aromatic carbocycles. The first-order chi connectivity index (χ1) is 11.5. The number of hydrogen-bond donors (Lipinski definition) is 0. The Morgan fingerprint density at radius 1 is 0.333 bits per heavy atom. The van der Waals surface area contributed by atoms with Crippen molar-refractivity contribution in [2.24, 2.45) is 0 Å². The molecule has 0 aliphatic heterocycles. The van der Waals surface area contributed by atoms with Crippen LogP contribution in [0.25, 0.3) is 0 Å². The molecule has 0 amide bonds. The number of rotatable bonds is 0. The molecule has 0 saturated carbocycles. The van der Waals surface area contributed by atoms with E-state index in [9.17, 15) is 65.9 Å². The predicted molar refractivity (Wildman–Crippen MR) is 56.5 cm³/mol. The fraction of sp³-hybridized carbons (Fsp3) is 0.455. The maximum atomic E-state index is 12.9. The number of benzene rings is 1. The van der Waals surface area contributed by atoms with Crippen molar-refractivity contribution in [2.75, 3.05) is 0 Å². The Hall–Kier alpha value is -1.54. The Kier molecular flexibility index (Phi) is 5.43. The van der Waals surface area contributed by atoms with Crippen LogP contribution < -0.4 is 0 Å². The van der Waals surface area contributed by atoms with Crippen LogP contribution in [0.1, 0.15) is 27.8 Å². The highest BCUT2D eigenvalue weighted by atomic mass is 35.5. The van der Waals surface area contributed by atoms with Gasteiger partial charge in [-0.3, -0.25) is 0 Å². The maximum absolute atomic E-state index is 12.9. The zero-order valence-electron chi connectivity index (χ0n) is 11.5. The largest absolute Gasteiger partial charge is 0.418 e. The predicted octanol–water partition coefficient (Wildman–Crippen LogP) is 7.43. The molecule has 1 aromatic rings. The summed E-state index contributed by atoms with van der Waals surface area (Å²) < 4.78 is 192. The van der Waals surface area contributed by atoms with Crippen molar-refractivity contribution >= 4 is 11.6 Å². The van der Waals surface area contributed by atoms with Crippen LogP contribution in [0.3, 0.4) is 0 Å². The van der Waals surface area contributed by atoms with Crippen molar-refractivity contribution < 1.29 is 65.9 Å². The van der Waals surface area contributed by atoms with Crippen LogP contribution in [0.15, 0.2) is 0 Å². The molecule has 0 spiro atoms. The smallest absolute Gasteiger partial charge is 0.166 e. The van der Waals surface area contributed by atoms with Crippen LogP contribution in [-0.4, -0.2) is 0 Å². The van der Waals surface area contributed by atoms with Gasteiger partial charge in [0, 0.05) is 0 Å². The minimum Gasteiger partial charge on any atom is -0.166 e. The molecule has 16 heteroatoms. The molecule has 0 nitrogen and oxygen atoms in total. The Balaban J connectivity index is 4.58. The summed E-state index contributed by atoms with van der Waals surface area (Å²) >= 11 is 4.52. The van der Waals surface area contributed by atoms with Gasteiger partial charge in [0.1, 0.15) is 0 Å². The monoisotopic (exact) mass is 452 g/mol. The average molecular weight is 453 g/mol. The topological polar surface area (TPSA) is 0 Å². The van der Waals surface area contributed by atoms with Crippen molar-refractivity contribution in [1.82, 2.24) is 0 Å². The van der Waals surface area contributed by atoms with E-state index in [-0.39, 0.29) is 0 Å². The van der Waals surface area contributed by atoms with E-state index >= 15 is 0 Å². The van der Waals surface area contributed by atoms with E-state index in [4.69, 9.17) is 0 Å². The van der Waals surface area contributed by atoms with Crippen molar-refractivity contribution in [1.29, 1.82) is 0 Å². The summed E-state index contributed by atoms with van der Waals surface area (Å²) in [6.07, 6.45) is -33.7. The first-order valence-electron chi connectivity index (χ1n) is 5.77. The number of alkyl halides is 15. The maximum Gasteiger partial charge on any atom is 0.418 e. The molecular formula is C11ClF15. The van der Waals surface area contributed by atoms with Crippen LogP contribution in [0.4, 0.5) is 65.9 Å². The highest BCUT2D eigenvalue weighted by molar-refractivity contribution is 6.32. The molecule has 0 unspecified atom stereocenters. The lowest BCUT2D eigenvalue weighted by Crippen LogP contribution is -2.31. The molecule has 0 aliphatic carbocycles. The number of halogens is 16. The first kappa shape index (κ1) is 23.5. The minimum absolute atomic E-state index is 3.21. The number of hydrogen-bond acceptors (Lipinski definition) is 0. The zero-order chi connectivity index (χ0) is 22.0. The summed E-state index contributed by atoms with van der Waals surface area (Å²) in [6, 6.07) is 0. The van der Waals surface area contributed by atoms with E-state index < -0.39 is 63.7 Å². The van der Waals surface area contributed by atoms with E-state index in [2.05, 4.69) is 11.6 Å². The molecule has 0 bridgehead atoms. The van der Waals surface area contributed by atoms with E-state index in [1.807, 2.05) is 0 Å². The van der Waals surface area contributed by atoms with E-state index in [0.717, 1.165) is 0 Å². The molecule has 0 N–H and O–H groups in total. The van der Waals surface area contributed by atoms with Gasteiger partial charge in [-0.15, -0.1) is 0 Å². The molecule has 27 heavy (non-hydrogen) atoms. The Labute approximate surface area is 142 Å². The minimum atomic E-state index is -6.90. The van der Waals surface area contributed by atoms with E-state index in [0.29, 0.717) is 0 Å². The van der Waals surface area contributed by atoms with Gasteiger partial charge < -0.3 is 0 Å². The highest BCUT2D eigenvalue weighted by Crippen LogP contribution is 2.57. The van der Waals surface area contributed by atoms with Gasteiger partial charge in [-0.2, -0.15) is 65.9 Å². The first-order valence-corrected chi connectivity index (χ1v) is 6.15. The van der Waals surface area contributed by atoms with Crippen molar-refractivity contribution in [3.05, 3.63) is 32.8 Å². The second-order valence-electron chi connectivity index (χ2n) is 4.68. The van der Waals surface area contributed by atoms with Crippen molar-refractivity contribution in [2.45, 2.75) is 30.9 Å². The van der Waals surface area contributed by atoms with Gasteiger partial charge in [-0.25, -0.2) is 0 Å². The van der Waals surface area contributed by atoms with E-state index in [1.165, 1.54) is 0 Å². The summed E-state index contributed by atoms with van der Waals surface area (Å²) in [6.45, 7) is 0. The normalized spacial score (nSPS) is 14.7. The van der Waals surface area contributed by atoms with E-state index in [1.54, 1.807) is 0 Å². The quantitative estimate of drug-likeness (QED) is 0.359. The summed E-state index contributed by atoms with van der Waals surface area (Å²) in [5.41, 5.74) is -19.7. The third-order valence-corrected chi connectivity index (χ3v) is 3.23. The Morgan fingerprint density at radius 3 is 0.630 bits per heavy atom. The van der Waals surface area contributed by atoms with Crippen molar-refractivity contribution in [3.63, 3.8) is 0 Å². The molecule has 0 aliphatic rings. The van der Waals surface area contributed by atoms with Gasteiger partial charge in [0.15, 0.2) is 0 Å². The lowest BCUT2D eigenvalue weighted by Gasteiger charge is -2.28. The molecule has 0 atom stereocenters. The van der Waals surface area contributed by atoms with Gasteiger partial charge in [0.2, 0.25) is 0 Å². The Bertz CT molecular complexity index is 672. The molecule has 0 fully saturated rings. The van der Waals surface area contributed by atoms with Crippen LogP contribution in [0, 0.1) is 0 Å². The average Bonchev–Trinajstić information content (AvgIpc) is 2.29. The standard InChI is InChI=1S/C11ClF15/c12-6-4(10(22,23)24)2(8(16,17)18)1(7(13,14)15)3(9(19,20)21)5(6)11(25,26)27. The summed E-state index contributed by atoms with van der Waals surface area (Å²) in [7, 11) is 0. The SMILES string of the molecule is FC(F)(F)c1c(Cl)c(C(F)(F)F)c(C(F)(F)F)c(C(F)(F)F)c1C(F)(F)F. The Morgan fingerprint density at radius 2 is 0.481 bits per heavy atom. The summed E-state index contributed by atoms with van der Waals surface area (Å²) in [4.78, 5) is 0. The third-order valence-electron chi connectivity index (χ3n) is 2.86. The summed E-state index contributed by atoms with van der Waals surface area (Å²) in [5, 5.41) is -3.21. The molecule has 0 saturated heterocycles. The third kappa shape index (κ3) is 4.48. The van der Waals surface area contributed by atoms with Crippen LogP contribution in [0.5, 0.6) is 0 Å². The highest BCUT2D eigenvalue weighted by Gasteiger charge is 2.60. The molecule has 0 aromatic heterocycles. The van der Waals surface area contributed by atoms with Crippen molar-refractivity contribution in [3.8, 4) is 0 Å². The van der Waals surface area contributed by atoms with Crippen LogP contribution >= 0.6 is 11.6 Å². The fourth-order valence-corrected chi connectivity index (χ4v) is 2.51. The molecular weight excluding hydrogens is 453 g/mol. The van der Waals surface area contributed by atoms with Gasteiger partial charge in [0.25, 0.3) is 0 Å². The van der Waals surface area contributed by atoms with Gasteiger partial charge in [0.05, 0.1) is 32.8 Å². The lowest BCUT2D eigenvalue weighted by molar-refractivity contribution is -0.188. The van der Waals surface area contributed by atoms with Gasteiger partial charge in [-0.05, 0) is 0 Å². The molecule has 156 valence electrons.